The lowest BCUT2D eigenvalue weighted by Crippen LogP contribution is -2.35. The average Bonchev–Trinajstić information content (AvgIpc) is 2.47. The van der Waals surface area contributed by atoms with Crippen molar-refractivity contribution in [2.24, 2.45) is 0 Å². The molecule has 74 valence electrons. The SMILES string of the molecule is CC1CC(=O)N(Cc2ccccc2)N1. The Bertz CT molecular complexity index is 323. The van der Waals surface area contributed by atoms with Crippen LogP contribution in [0.3, 0.4) is 0 Å². The van der Waals surface area contributed by atoms with Gasteiger partial charge < -0.3 is 0 Å². The van der Waals surface area contributed by atoms with Gasteiger partial charge in [-0.3, -0.25) is 9.80 Å². The lowest BCUT2D eigenvalue weighted by atomic mass is 10.2. The standard InChI is InChI=1S/C11H14N2O/c1-9-7-11(14)13(12-9)8-10-5-3-2-4-6-10/h2-6,9,12H,7-8H2,1H3. The molecule has 1 aromatic rings. The van der Waals surface area contributed by atoms with Gasteiger partial charge in [-0.1, -0.05) is 30.3 Å². The van der Waals surface area contributed by atoms with Gasteiger partial charge in [-0.25, -0.2) is 5.43 Å². The first-order chi connectivity index (χ1) is 6.75. The third-order valence-electron chi connectivity index (χ3n) is 2.34. The van der Waals surface area contributed by atoms with Crippen molar-refractivity contribution >= 4 is 5.91 Å². The number of carbonyl (C=O) groups is 1. The van der Waals surface area contributed by atoms with Gasteiger partial charge in [-0.15, -0.1) is 0 Å². The third-order valence-corrected chi connectivity index (χ3v) is 2.34. The predicted molar refractivity (Wildman–Crippen MR) is 54.2 cm³/mol. The number of rotatable bonds is 2. The molecule has 0 spiro atoms. The van der Waals surface area contributed by atoms with Crippen LogP contribution >= 0.6 is 0 Å². The molecule has 1 atom stereocenters. The molecular weight excluding hydrogens is 176 g/mol. The van der Waals surface area contributed by atoms with E-state index < -0.39 is 0 Å². The molecule has 1 aliphatic rings. The number of hydrazine groups is 1. The molecule has 0 radical (unpaired) electrons. The van der Waals surface area contributed by atoms with Crippen molar-refractivity contribution in [3.8, 4) is 0 Å². The molecular formula is C11H14N2O. The van der Waals surface area contributed by atoms with Gasteiger partial charge >= 0.3 is 0 Å². The molecule has 1 heterocycles. The summed E-state index contributed by atoms with van der Waals surface area (Å²) in [4.78, 5) is 11.5. The van der Waals surface area contributed by atoms with E-state index in [2.05, 4.69) is 5.43 Å². The normalized spacial score (nSPS) is 21.6. The highest BCUT2D eigenvalue weighted by Gasteiger charge is 2.25. The second-order valence-corrected chi connectivity index (χ2v) is 3.70. The van der Waals surface area contributed by atoms with Crippen LogP contribution in [0.15, 0.2) is 30.3 Å². The number of nitrogens with one attached hydrogen (secondary N) is 1. The lowest BCUT2D eigenvalue weighted by molar-refractivity contribution is -0.130. The maximum absolute atomic E-state index is 11.5. The monoisotopic (exact) mass is 190 g/mol. The molecule has 0 aliphatic carbocycles. The summed E-state index contributed by atoms with van der Waals surface area (Å²) >= 11 is 0. The lowest BCUT2D eigenvalue weighted by Gasteiger charge is -2.16. The van der Waals surface area contributed by atoms with Gasteiger partial charge in [0.15, 0.2) is 0 Å². The minimum absolute atomic E-state index is 0.182. The molecule has 1 amide bonds. The number of nitrogens with zero attached hydrogens (tertiary/aromatic N) is 1. The van der Waals surface area contributed by atoms with E-state index in [4.69, 9.17) is 0 Å². The van der Waals surface area contributed by atoms with Crippen molar-refractivity contribution < 1.29 is 4.79 Å². The van der Waals surface area contributed by atoms with E-state index in [1.54, 1.807) is 5.01 Å². The third kappa shape index (κ3) is 1.93. The maximum atomic E-state index is 11.5. The Morgan fingerprint density at radius 3 is 2.71 bits per heavy atom. The summed E-state index contributed by atoms with van der Waals surface area (Å²) in [7, 11) is 0. The van der Waals surface area contributed by atoms with E-state index in [9.17, 15) is 4.79 Å². The topological polar surface area (TPSA) is 32.3 Å². The van der Waals surface area contributed by atoms with E-state index in [1.807, 2.05) is 37.3 Å². The Morgan fingerprint density at radius 2 is 2.14 bits per heavy atom. The summed E-state index contributed by atoms with van der Waals surface area (Å²) in [6, 6.07) is 10.3. The molecule has 0 bridgehead atoms. The smallest absolute Gasteiger partial charge is 0.238 e. The molecule has 0 aromatic heterocycles. The van der Waals surface area contributed by atoms with Crippen molar-refractivity contribution in [2.45, 2.75) is 25.9 Å². The quantitative estimate of drug-likeness (QED) is 0.762. The first-order valence-corrected chi connectivity index (χ1v) is 4.86. The van der Waals surface area contributed by atoms with Crippen LogP contribution in [0, 0.1) is 0 Å². The first kappa shape index (κ1) is 9.21. The summed E-state index contributed by atoms with van der Waals surface area (Å²) in [5, 5.41) is 1.69. The van der Waals surface area contributed by atoms with Gasteiger partial charge in [-0.05, 0) is 12.5 Å². The van der Waals surface area contributed by atoms with Gasteiger partial charge in [0.1, 0.15) is 0 Å². The number of benzene rings is 1. The zero-order valence-corrected chi connectivity index (χ0v) is 8.23. The Morgan fingerprint density at radius 1 is 1.43 bits per heavy atom. The second-order valence-electron chi connectivity index (χ2n) is 3.70. The Balaban J connectivity index is 2.02. The van der Waals surface area contributed by atoms with E-state index in [0.717, 1.165) is 5.56 Å². The summed E-state index contributed by atoms with van der Waals surface area (Å²) in [5.74, 6) is 0.182. The molecule has 1 saturated heterocycles. The zero-order valence-electron chi connectivity index (χ0n) is 8.23. The van der Waals surface area contributed by atoms with Gasteiger partial charge in [0.05, 0.1) is 6.54 Å². The first-order valence-electron chi connectivity index (χ1n) is 4.86. The van der Waals surface area contributed by atoms with E-state index >= 15 is 0 Å². The molecule has 1 unspecified atom stereocenters. The van der Waals surface area contributed by atoms with Crippen molar-refractivity contribution in [1.29, 1.82) is 0 Å². The minimum atomic E-state index is 0.182. The van der Waals surface area contributed by atoms with Gasteiger partial charge in [0.2, 0.25) is 5.91 Å². The molecule has 1 N–H and O–H groups in total. The highest BCUT2D eigenvalue weighted by Crippen LogP contribution is 2.11. The number of amides is 1. The van der Waals surface area contributed by atoms with Gasteiger partial charge in [0.25, 0.3) is 0 Å². The van der Waals surface area contributed by atoms with Crippen LogP contribution < -0.4 is 5.43 Å². The number of hydrogen-bond donors (Lipinski definition) is 1. The summed E-state index contributed by atoms with van der Waals surface area (Å²) in [5.41, 5.74) is 4.29. The largest absolute Gasteiger partial charge is 0.273 e. The van der Waals surface area contributed by atoms with Crippen molar-refractivity contribution in [3.05, 3.63) is 35.9 Å². The van der Waals surface area contributed by atoms with Crippen molar-refractivity contribution in [1.82, 2.24) is 10.4 Å². The fourth-order valence-corrected chi connectivity index (χ4v) is 1.66. The number of hydrogen-bond acceptors (Lipinski definition) is 2. The molecule has 1 fully saturated rings. The Labute approximate surface area is 83.7 Å². The highest BCUT2D eigenvalue weighted by molar-refractivity contribution is 5.78. The molecule has 3 nitrogen and oxygen atoms in total. The zero-order chi connectivity index (χ0) is 9.97. The van der Waals surface area contributed by atoms with E-state index in [0.29, 0.717) is 13.0 Å². The second kappa shape index (κ2) is 3.80. The van der Waals surface area contributed by atoms with Crippen LogP contribution in [0.2, 0.25) is 0 Å². The molecule has 14 heavy (non-hydrogen) atoms. The fraction of sp³-hybridized carbons (Fsp3) is 0.364. The van der Waals surface area contributed by atoms with Crippen LogP contribution in [0.25, 0.3) is 0 Å². The van der Waals surface area contributed by atoms with Crippen LogP contribution in [0.1, 0.15) is 18.9 Å². The van der Waals surface area contributed by atoms with E-state index in [-0.39, 0.29) is 11.9 Å². The highest BCUT2D eigenvalue weighted by atomic mass is 16.2. The summed E-state index contributed by atoms with van der Waals surface area (Å²) in [6.45, 7) is 2.67. The van der Waals surface area contributed by atoms with Crippen LogP contribution in [0.4, 0.5) is 0 Å². The molecule has 0 saturated carbocycles. The van der Waals surface area contributed by atoms with Crippen LogP contribution in [-0.2, 0) is 11.3 Å². The fourth-order valence-electron chi connectivity index (χ4n) is 1.66. The van der Waals surface area contributed by atoms with Crippen LogP contribution in [-0.4, -0.2) is 17.0 Å². The average molecular weight is 190 g/mol. The summed E-state index contributed by atoms with van der Waals surface area (Å²) < 4.78 is 0. The van der Waals surface area contributed by atoms with Crippen LogP contribution in [0.5, 0.6) is 0 Å². The van der Waals surface area contributed by atoms with Gasteiger partial charge in [0, 0.05) is 12.5 Å². The molecule has 1 aromatic carbocycles. The molecule has 3 heteroatoms. The molecule has 2 rings (SSSR count). The van der Waals surface area contributed by atoms with Gasteiger partial charge in [-0.2, -0.15) is 0 Å². The molecule has 1 aliphatic heterocycles. The Hall–Kier alpha value is -1.35. The minimum Gasteiger partial charge on any atom is -0.273 e. The Kier molecular flexibility index (Phi) is 2.50. The summed E-state index contributed by atoms with van der Waals surface area (Å²) in [6.07, 6.45) is 0.604. The predicted octanol–water partition coefficient (Wildman–Crippen LogP) is 1.31. The van der Waals surface area contributed by atoms with Crippen molar-refractivity contribution in [2.75, 3.05) is 0 Å². The maximum Gasteiger partial charge on any atom is 0.238 e. The number of carbonyl (C=O) groups excluding carboxylic acids is 1. The van der Waals surface area contributed by atoms with E-state index in [1.165, 1.54) is 0 Å². The van der Waals surface area contributed by atoms with Crippen molar-refractivity contribution in [3.63, 3.8) is 0 Å².